The molecule has 1 unspecified atom stereocenters. The van der Waals surface area contributed by atoms with Crippen LogP contribution in [-0.4, -0.2) is 29.3 Å². The van der Waals surface area contributed by atoms with Crippen molar-refractivity contribution in [2.24, 2.45) is 0 Å². The number of carbonyl (C=O) groups excluding carboxylic acids is 3. The van der Waals surface area contributed by atoms with Crippen LogP contribution in [0.15, 0.2) is 91.0 Å². The summed E-state index contributed by atoms with van der Waals surface area (Å²) in [5.74, 6) is -2.03. The van der Waals surface area contributed by atoms with Crippen molar-refractivity contribution in [3.05, 3.63) is 102 Å². The molecule has 0 N–H and O–H groups in total. The number of anilines is 1. The summed E-state index contributed by atoms with van der Waals surface area (Å²) in [6.45, 7) is 0.210. The average Bonchev–Trinajstić information content (AvgIpc) is 2.76. The van der Waals surface area contributed by atoms with E-state index in [1.54, 1.807) is 48.5 Å². The van der Waals surface area contributed by atoms with Crippen LogP contribution in [0, 0.1) is 0 Å². The minimum Gasteiger partial charge on any atom is -0.273 e. The van der Waals surface area contributed by atoms with Gasteiger partial charge < -0.3 is 0 Å². The first-order chi connectivity index (χ1) is 14.2. The lowest BCUT2D eigenvalue weighted by Crippen LogP contribution is -2.59. The Morgan fingerprint density at radius 1 is 0.655 bits per heavy atom. The molecule has 144 valence electrons. The largest absolute Gasteiger partial charge is 0.338 e. The van der Waals surface area contributed by atoms with Crippen molar-refractivity contribution in [1.29, 1.82) is 0 Å². The lowest BCUT2D eigenvalue weighted by Gasteiger charge is -2.37. The van der Waals surface area contributed by atoms with Crippen LogP contribution in [0.2, 0.25) is 0 Å². The van der Waals surface area contributed by atoms with Gasteiger partial charge in [-0.05, 0) is 29.7 Å². The zero-order chi connectivity index (χ0) is 20.2. The Balaban J connectivity index is 1.70. The highest BCUT2D eigenvalue weighted by Gasteiger charge is 2.46. The number of amides is 4. The molecule has 4 rings (SSSR count). The predicted molar refractivity (Wildman–Crippen MR) is 110 cm³/mol. The van der Waals surface area contributed by atoms with E-state index in [2.05, 4.69) is 0 Å². The molecule has 5 heteroatoms. The van der Waals surface area contributed by atoms with Crippen LogP contribution in [-0.2, 0) is 16.0 Å². The van der Waals surface area contributed by atoms with Crippen molar-refractivity contribution in [2.45, 2.75) is 12.3 Å². The molecule has 1 saturated heterocycles. The molecule has 4 amide bonds. The molecule has 1 atom stereocenters. The van der Waals surface area contributed by atoms with Gasteiger partial charge in [-0.3, -0.25) is 14.5 Å². The third-order valence-electron chi connectivity index (χ3n) is 5.02. The van der Waals surface area contributed by atoms with Gasteiger partial charge in [-0.2, -0.15) is 0 Å². The summed E-state index contributed by atoms with van der Waals surface area (Å²) >= 11 is 0. The molecular weight excluding hydrogens is 364 g/mol. The Morgan fingerprint density at radius 2 is 1.21 bits per heavy atom. The van der Waals surface area contributed by atoms with E-state index in [0.717, 1.165) is 10.5 Å². The molecule has 3 aromatic carbocycles. The Morgan fingerprint density at radius 3 is 1.83 bits per heavy atom. The SMILES string of the molecule is O=C1C(c2ccccc2)C(=O)N(c2ccccc2)C(=O)N1CCc1ccccc1. The van der Waals surface area contributed by atoms with Gasteiger partial charge in [-0.25, -0.2) is 9.69 Å². The molecule has 5 nitrogen and oxygen atoms in total. The smallest absolute Gasteiger partial charge is 0.273 e. The number of hydrogen-bond donors (Lipinski definition) is 0. The summed E-state index contributed by atoms with van der Waals surface area (Å²) in [6.07, 6.45) is 0.524. The lowest BCUT2D eigenvalue weighted by molar-refractivity contribution is -0.137. The molecule has 0 aliphatic carbocycles. The molecule has 1 aliphatic heterocycles. The highest BCUT2D eigenvalue weighted by Crippen LogP contribution is 2.30. The zero-order valence-corrected chi connectivity index (χ0v) is 15.8. The second kappa shape index (κ2) is 8.10. The van der Waals surface area contributed by atoms with Crippen molar-refractivity contribution in [3.63, 3.8) is 0 Å². The molecule has 1 heterocycles. The Labute approximate surface area is 169 Å². The molecule has 29 heavy (non-hydrogen) atoms. The van der Waals surface area contributed by atoms with Crippen LogP contribution >= 0.6 is 0 Å². The van der Waals surface area contributed by atoms with Crippen LogP contribution in [0.25, 0.3) is 0 Å². The van der Waals surface area contributed by atoms with E-state index in [1.165, 1.54) is 4.90 Å². The van der Waals surface area contributed by atoms with E-state index < -0.39 is 23.8 Å². The number of para-hydroxylation sites is 1. The predicted octanol–water partition coefficient (Wildman–Crippen LogP) is 4.01. The number of hydrogen-bond acceptors (Lipinski definition) is 3. The van der Waals surface area contributed by atoms with Gasteiger partial charge >= 0.3 is 6.03 Å². The molecular formula is C24H20N2O3. The first kappa shape index (κ1) is 18.6. The minimum atomic E-state index is -1.04. The van der Waals surface area contributed by atoms with E-state index in [4.69, 9.17) is 0 Å². The molecule has 0 radical (unpaired) electrons. The highest BCUT2D eigenvalue weighted by molar-refractivity contribution is 6.29. The maximum Gasteiger partial charge on any atom is 0.338 e. The van der Waals surface area contributed by atoms with E-state index in [9.17, 15) is 14.4 Å². The normalized spacial score (nSPS) is 17.0. The van der Waals surface area contributed by atoms with E-state index in [0.29, 0.717) is 17.7 Å². The Kier molecular flexibility index (Phi) is 5.20. The number of nitrogens with zero attached hydrogens (tertiary/aromatic N) is 2. The Hall–Kier alpha value is -3.73. The van der Waals surface area contributed by atoms with Crippen LogP contribution in [0.5, 0.6) is 0 Å². The summed E-state index contributed by atoms with van der Waals surface area (Å²) in [5, 5.41) is 0. The number of rotatable bonds is 5. The third kappa shape index (κ3) is 3.67. The van der Waals surface area contributed by atoms with E-state index in [-0.39, 0.29) is 6.54 Å². The second-order valence-corrected chi connectivity index (χ2v) is 6.86. The number of imide groups is 2. The van der Waals surface area contributed by atoms with E-state index >= 15 is 0 Å². The maximum atomic E-state index is 13.2. The summed E-state index contributed by atoms with van der Waals surface area (Å²) in [4.78, 5) is 41.9. The fraction of sp³-hybridized carbons (Fsp3) is 0.125. The monoisotopic (exact) mass is 384 g/mol. The minimum absolute atomic E-state index is 0.210. The first-order valence-corrected chi connectivity index (χ1v) is 9.50. The topological polar surface area (TPSA) is 57.7 Å². The van der Waals surface area contributed by atoms with Gasteiger partial charge in [0.05, 0.1) is 5.69 Å². The standard InChI is InChI=1S/C24H20N2O3/c27-22-21(19-12-6-2-7-13-19)23(28)26(20-14-8-3-9-15-20)24(29)25(22)17-16-18-10-4-1-5-11-18/h1-15,21H,16-17H2. The van der Waals surface area contributed by atoms with Crippen molar-refractivity contribution in [1.82, 2.24) is 4.90 Å². The van der Waals surface area contributed by atoms with Crippen molar-refractivity contribution < 1.29 is 14.4 Å². The lowest BCUT2D eigenvalue weighted by atomic mass is 9.93. The number of carbonyl (C=O) groups is 3. The molecule has 1 fully saturated rings. The molecule has 3 aromatic rings. The highest BCUT2D eigenvalue weighted by atomic mass is 16.2. The maximum absolute atomic E-state index is 13.2. The Bertz CT molecular complexity index is 958. The number of urea groups is 1. The van der Waals surface area contributed by atoms with Crippen molar-refractivity contribution in [3.8, 4) is 0 Å². The number of barbiturate groups is 1. The fourth-order valence-electron chi connectivity index (χ4n) is 3.54. The zero-order valence-electron chi connectivity index (χ0n) is 15.8. The van der Waals surface area contributed by atoms with Crippen molar-refractivity contribution >= 4 is 23.5 Å². The molecule has 1 aliphatic rings. The van der Waals surface area contributed by atoms with Crippen LogP contribution in [0.3, 0.4) is 0 Å². The third-order valence-corrected chi connectivity index (χ3v) is 5.02. The fourth-order valence-corrected chi connectivity index (χ4v) is 3.54. The average molecular weight is 384 g/mol. The van der Waals surface area contributed by atoms with Gasteiger partial charge in [0.15, 0.2) is 0 Å². The van der Waals surface area contributed by atoms with Crippen LogP contribution in [0.4, 0.5) is 10.5 Å². The number of benzene rings is 3. The molecule has 0 saturated carbocycles. The molecule has 0 spiro atoms. The van der Waals surface area contributed by atoms with Gasteiger partial charge in [-0.15, -0.1) is 0 Å². The van der Waals surface area contributed by atoms with Crippen molar-refractivity contribution in [2.75, 3.05) is 11.4 Å². The first-order valence-electron chi connectivity index (χ1n) is 9.50. The molecule has 0 bridgehead atoms. The van der Waals surface area contributed by atoms with Gasteiger partial charge in [0, 0.05) is 6.54 Å². The quantitative estimate of drug-likeness (QED) is 0.625. The van der Waals surface area contributed by atoms with Crippen LogP contribution < -0.4 is 4.90 Å². The van der Waals surface area contributed by atoms with Crippen LogP contribution in [0.1, 0.15) is 17.0 Å². The van der Waals surface area contributed by atoms with Gasteiger partial charge in [-0.1, -0.05) is 78.9 Å². The summed E-state index contributed by atoms with van der Waals surface area (Å²) in [7, 11) is 0. The van der Waals surface area contributed by atoms with Gasteiger partial charge in [0.1, 0.15) is 5.92 Å². The second-order valence-electron chi connectivity index (χ2n) is 6.86. The summed E-state index contributed by atoms with van der Waals surface area (Å²) in [5.41, 5.74) is 2.06. The summed E-state index contributed by atoms with van der Waals surface area (Å²) in [6, 6.07) is 26.7. The van der Waals surface area contributed by atoms with E-state index in [1.807, 2.05) is 42.5 Å². The van der Waals surface area contributed by atoms with Gasteiger partial charge in [0.2, 0.25) is 5.91 Å². The molecule has 0 aromatic heterocycles. The summed E-state index contributed by atoms with van der Waals surface area (Å²) < 4.78 is 0. The van der Waals surface area contributed by atoms with Gasteiger partial charge in [0.25, 0.3) is 5.91 Å².